The van der Waals surface area contributed by atoms with Gasteiger partial charge < -0.3 is 4.74 Å². The van der Waals surface area contributed by atoms with Gasteiger partial charge in [0, 0.05) is 4.70 Å². The number of nitrogens with zero attached hydrogens (tertiary/aromatic N) is 1. The first kappa shape index (κ1) is 13.8. The first-order valence-corrected chi connectivity index (χ1v) is 7.64. The Hall–Kier alpha value is -2.20. The molecule has 0 amide bonds. The maximum Gasteiger partial charge on any atom is 0.339 e. The summed E-state index contributed by atoms with van der Waals surface area (Å²) in [5.41, 5.74) is 2.12. The minimum Gasteiger partial charge on any atom is -0.462 e. The van der Waals surface area contributed by atoms with Crippen molar-refractivity contribution in [1.82, 2.24) is 4.98 Å². The summed E-state index contributed by atoms with van der Waals surface area (Å²) in [6.07, 6.45) is 0. The summed E-state index contributed by atoms with van der Waals surface area (Å²) in [7, 11) is 0. The Balaban J connectivity index is 1.99. The molecule has 0 atom stereocenters. The van der Waals surface area contributed by atoms with Gasteiger partial charge in [-0.05, 0) is 43.5 Å². The fourth-order valence-electron chi connectivity index (χ4n) is 2.23. The highest BCUT2D eigenvalue weighted by atomic mass is 32.1. The number of hydrogen-bond donors (Lipinski definition) is 0. The SMILES string of the molecule is CCOC(=O)c1ccc(-c2cc3ccccc3s2)nc1C. The van der Waals surface area contributed by atoms with Gasteiger partial charge in [-0.2, -0.15) is 0 Å². The zero-order chi connectivity index (χ0) is 14.8. The van der Waals surface area contributed by atoms with Gasteiger partial charge in [0.2, 0.25) is 0 Å². The third kappa shape index (κ3) is 2.67. The van der Waals surface area contributed by atoms with Crippen LogP contribution in [0.2, 0.25) is 0 Å². The van der Waals surface area contributed by atoms with E-state index in [1.807, 2.05) is 25.1 Å². The molecule has 3 aromatic rings. The van der Waals surface area contributed by atoms with Crippen molar-refractivity contribution in [3.05, 3.63) is 53.7 Å². The quantitative estimate of drug-likeness (QED) is 0.670. The van der Waals surface area contributed by atoms with E-state index in [0.29, 0.717) is 17.9 Å². The van der Waals surface area contributed by atoms with Gasteiger partial charge in [-0.1, -0.05) is 18.2 Å². The van der Waals surface area contributed by atoms with E-state index < -0.39 is 0 Å². The van der Waals surface area contributed by atoms with Crippen molar-refractivity contribution in [1.29, 1.82) is 0 Å². The van der Waals surface area contributed by atoms with E-state index in [1.165, 1.54) is 10.1 Å². The van der Waals surface area contributed by atoms with Crippen molar-refractivity contribution in [2.24, 2.45) is 0 Å². The van der Waals surface area contributed by atoms with Crippen LogP contribution in [0.15, 0.2) is 42.5 Å². The number of ether oxygens (including phenoxy) is 1. The third-order valence-electron chi connectivity index (χ3n) is 3.26. The molecule has 0 radical (unpaired) electrons. The molecular weight excluding hydrogens is 282 g/mol. The second-order valence-corrected chi connectivity index (χ2v) is 5.78. The fraction of sp³-hybridized carbons (Fsp3) is 0.176. The van der Waals surface area contributed by atoms with Crippen LogP contribution in [-0.2, 0) is 4.74 Å². The van der Waals surface area contributed by atoms with Gasteiger partial charge in [0.1, 0.15) is 0 Å². The average Bonchev–Trinajstić information content (AvgIpc) is 2.91. The van der Waals surface area contributed by atoms with Gasteiger partial charge >= 0.3 is 5.97 Å². The molecule has 0 spiro atoms. The van der Waals surface area contributed by atoms with Gasteiger partial charge in [0.15, 0.2) is 0 Å². The van der Waals surface area contributed by atoms with Gasteiger partial charge in [-0.3, -0.25) is 4.98 Å². The first-order chi connectivity index (χ1) is 10.2. The Morgan fingerprint density at radius 2 is 2.05 bits per heavy atom. The highest BCUT2D eigenvalue weighted by Gasteiger charge is 2.13. The van der Waals surface area contributed by atoms with E-state index in [2.05, 4.69) is 23.2 Å². The van der Waals surface area contributed by atoms with Crippen LogP contribution in [-0.4, -0.2) is 17.6 Å². The minimum absolute atomic E-state index is 0.314. The smallest absolute Gasteiger partial charge is 0.339 e. The number of hydrogen-bond acceptors (Lipinski definition) is 4. The van der Waals surface area contributed by atoms with Gasteiger partial charge in [0.05, 0.1) is 28.4 Å². The summed E-state index contributed by atoms with van der Waals surface area (Å²) < 4.78 is 6.26. The molecule has 1 aromatic carbocycles. The monoisotopic (exact) mass is 297 g/mol. The Labute approximate surface area is 127 Å². The highest BCUT2D eigenvalue weighted by Crippen LogP contribution is 2.32. The molecule has 0 saturated heterocycles. The van der Waals surface area contributed by atoms with Crippen LogP contribution in [0.3, 0.4) is 0 Å². The van der Waals surface area contributed by atoms with E-state index in [1.54, 1.807) is 24.3 Å². The molecule has 106 valence electrons. The predicted octanol–water partition coefficient (Wildman–Crippen LogP) is 4.45. The number of carbonyl (C=O) groups is 1. The number of fused-ring (bicyclic) bond motifs is 1. The molecule has 21 heavy (non-hydrogen) atoms. The van der Waals surface area contributed by atoms with Crippen molar-refractivity contribution in [3.63, 3.8) is 0 Å². The van der Waals surface area contributed by atoms with Crippen LogP contribution < -0.4 is 0 Å². The van der Waals surface area contributed by atoms with Crippen molar-refractivity contribution >= 4 is 27.4 Å². The topological polar surface area (TPSA) is 39.2 Å². The van der Waals surface area contributed by atoms with E-state index in [4.69, 9.17) is 4.74 Å². The zero-order valence-electron chi connectivity index (χ0n) is 11.9. The number of esters is 1. The van der Waals surface area contributed by atoms with Crippen LogP contribution in [0.25, 0.3) is 20.7 Å². The van der Waals surface area contributed by atoms with Crippen LogP contribution in [0.1, 0.15) is 23.0 Å². The van der Waals surface area contributed by atoms with Crippen molar-refractivity contribution in [2.45, 2.75) is 13.8 Å². The van der Waals surface area contributed by atoms with Crippen LogP contribution in [0.5, 0.6) is 0 Å². The molecule has 3 nitrogen and oxygen atoms in total. The zero-order valence-corrected chi connectivity index (χ0v) is 12.7. The lowest BCUT2D eigenvalue weighted by Gasteiger charge is -2.06. The van der Waals surface area contributed by atoms with Gasteiger partial charge in [0.25, 0.3) is 0 Å². The molecule has 0 fully saturated rings. The average molecular weight is 297 g/mol. The van der Waals surface area contributed by atoms with Crippen LogP contribution in [0, 0.1) is 6.92 Å². The second kappa shape index (κ2) is 5.66. The number of aryl methyl sites for hydroxylation is 1. The number of aromatic nitrogens is 1. The number of carbonyl (C=O) groups excluding carboxylic acids is 1. The standard InChI is InChI=1S/C17H15NO2S/c1-3-20-17(19)13-8-9-14(18-11(13)2)16-10-12-6-4-5-7-15(12)21-16/h4-10H,3H2,1-2H3. The molecule has 0 bridgehead atoms. The first-order valence-electron chi connectivity index (χ1n) is 6.82. The van der Waals surface area contributed by atoms with Gasteiger partial charge in [-0.25, -0.2) is 4.79 Å². The van der Waals surface area contributed by atoms with Crippen LogP contribution in [0.4, 0.5) is 0 Å². The lowest BCUT2D eigenvalue weighted by molar-refractivity contribution is 0.0525. The Kier molecular flexibility index (Phi) is 3.71. The highest BCUT2D eigenvalue weighted by molar-refractivity contribution is 7.22. The Morgan fingerprint density at radius 3 is 2.76 bits per heavy atom. The normalized spacial score (nSPS) is 10.8. The molecule has 4 heteroatoms. The van der Waals surface area contributed by atoms with Crippen molar-refractivity contribution in [3.8, 4) is 10.6 Å². The molecule has 0 aliphatic heterocycles. The number of rotatable bonds is 3. The maximum absolute atomic E-state index is 11.8. The van der Waals surface area contributed by atoms with E-state index in [0.717, 1.165) is 10.6 Å². The van der Waals surface area contributed by atoms with Crippen LogP contribution >= 0.6 is 11.3 Å². The summed E-state index contributed by atoms with van der Waals surface area (Å²) in [5, 5.41) is 1.21. The Bertz CT molecular complexity index is 774. The number of pyridine rings is 1. The minimum atomic E-state index is -0.314. The molecule has 2 aromatic heterocycles. The fourth-order valence-corrected chi connectivity index (χ4v) is 3.26. The van der Waals surface area contributed by atoms with E-state index in [9.17, 15) is 4.79 Å². The molecule has 2 heterocycles. The largest absolute Gasteiger partial charge is 0.462 e. The molecule has 0 aliphatic rings. The molecular formula is C17H15NO2S. The van der Waals surface area contributed by atoms with Crippen molar-refractivity contribution in [2.75, 3.05) is 6.61 Å². The molecule has 0 N–H and O–H groups in total. The molecule has 0 saturated carbocycles. The molecule has 0 aliphatic carbocycles. The van der Waals surface area contributed by atoms with Crippen molar-refractivity contribution < 1.29 is 9.53 Å². The predicted molar refractivity (Wildman–Crippen MR) is 85.7 cm³/mol. The van der Waals surface area contributed by atoms with Gasteiger partial charge in [-0.15, -0.1) is 11.3 Å². The summed E-state index contributed by atoms with van der Waals surface area (Å²) in [5.74, 6) is -0.314. The Morgan fingerprint density at radius 1 is 1.24 bits per heavy atom. The summed E-state index contributed by atoms with van der Waals surface area (Å²) in [4.78, 5) is 17.5. The number of thiophene rings is 1. The number of benzene rings is 1. The lowest BCUT2D eigenvalue weighted by Crippen LogP contribution is -2.07. The van der Waals surface area contributed by atoms with E-state index in [-0.39, 0.29) is 5.97 Å². The summed E-state index contributed by atoms with van der Waals surface area (Å²) >= 11 is 1.70. The summed E-state index contributed by atoms with van der Waals surface area (Å²) in [6.45, 7) is 4.01. The maximum atomic E-state index is 11.8. The lowest BCUT2D eigenvalue weighted by atomic mass is 10.1. The summed E-state index contributed by atoms with van der Waals surface area (Å²) in [6, 6.07) is 14.1. The molecule has 0 unspecified atom stereocenters. The second-order valence-electron chi connectivity index (χ2n) is 4.70. The molecule has 3 rings (SSSR count). The van der Waals surface area contributed by atoms with E-state index >= 15 is 0 Å². The third-order valence-corrected chi connectivity index (χ3v) is 4.40.